The first kappa shape index (κ1) is 27.2. The summed E-state index contributed by atoms with van der Waals surface area (Å²) in [5.74, 6) is -0.704. The van der Waals surface area contributed by atoms with E-state index in [1.807, 2.05) is 18.2 Å². The predicted molar refractivity (Wildman–Crippen MR) is 130 cm³/mol. The van der Waals surface area contributed by atoms with E-state index < -0.39 is 51.8 Å². The Bertz CT molecular complexity index is 1520. The predicted octanol–water partition coefficient (Wildman–Crippen LogP) is 0.0288. The molecule has 0 bridgehead atoms. The lowest BCUT2D eigenvalue weighted by atomic mass is 10.2. The number of nitrogens with zero attached hydrogens (tertiary/aromatic N) is 3. The summed E-state index contributed by atoms with van der Waals surface area (Å²) in [7, 11) is -12.6. The molecule has 0 aliphatic rings. The molecule has 0 aliphatic carbocycles. The first-order chi connectivity index (χ1) is 16.9. The number of rotatable bonds is 11. The highest BCUT2D eigenvalue weighted by molar-refractivity contribution is 7.86. The van der Waals surface area contributed by atoms with Crippen LogP contribution in [0.5, 0.6) is 0 Å². The third-order valence-corrected chi connectivity index (χ3v) is 7.09. The van der Waals surface area contributed by atoms with E-state index in [-0.39, 0.29) is 30.9 Å². The molecule has 0 spiro atoms. The second-order valence-electron chi connectivity index (χ2n) is 7.06. The summed E-state index contributed by atoms with van der Waals surface area (Å²) in [6, 6.07) is 11.3. The number of hydrogen-bond donors (Lipinski definition) is 7. The lowest BCUT2D eigenvalue weighted by Crippen LogP contribution is -2.31. The topological polar surface area (TPSA) is 244 Å². The zero-order valence-corrected chi connectivity index (χ0v) is 20.7. The Kier molecular flexibility index (Phi) is 8.38. The molecule has 7 N–H and O–H groups in total. The number of benzene rings is 2. The van der Waals surface area contributed by atoms with E-state index in [1.54, 1.807) is 12.1 Å². The van der Waals surface area contributed by atoms with Gasteiger partial charge in [0.25, 0.3) is 20.2 Å². The van der Waals surface area contributed by atoms with Crippen LogP contribution in [-0.4, -0.2) is 61.2 Å². The van der Waals surface area contributed by atoms with Gasteiger partial charge in [-0.2, -0.15) is 31.8 Å². The average Bonchev–Trinajstić information content (AvgIpc) is 2.80. The zero-order chi connectivity index (χ0) is 26.5. The van der Waals surface area contributed by atoms with Crippen LogP contribution in [-0.2, 0) is 37.5 Å². The van der Waals surface area contributed by atoms with Crippen LogP contribution in [0.15, 0.2) is 58.3 Å². The Balaban J connectivity index is 2.05. The van der Waals surface area contributed by atoms with Crippen molar-refractivity contribution in [3.8, 4) is 0 Å². The minimum Gasteiger partial charge on any atom is -0.350 e. The van der Waals surface area contributed by atoms with E-state index in [9.17, 15) is 34.4 Å². The largest absolute Gasteiger partial charge is 0.350 e. The summed E-state index contributed by atoms with van der Waals surface area (Å²) in [6.45, 7) is -0.0718. The summed E-state index contributed by atoms with van der Waals surface area (Å²) in [5, 5.41) is 6.62. The molecule has 15 nitrogen and oxygen atoms in total. The minimum atomic E-state index is -4.85. The van der Waals surface area contributed by atoms with Gasteiger partial charge in [-0.25, -0.2) is 8.42 Å². The molecule has 0 amide bonds. The van der Waals surface area contributed by atoms with Crippen LogP contribution in [0.4, 0.5) is 23.5 Å². The Labute approximate surface area is 207 Å². The molecule has 1 heterocycles. The molecule has 18 heteroatoms. The van der Waals surface area contributed by atoms with Gasteiger partial charge in [0.2, 0.25) is 17.8 Å². The van der Waals surface area contributed by atoms with E-state index in [0.717, 1.165) is 23.8 Å². The van der Waals surface area contributed by atoms with Crippen molar-refractivity contribution < 1.29 is 34.4 Å². The van der Waals surface area contributed by atoms with E-state index in [1.165, 1.54) is 0 Å². The second kappa shape index (κ2) is 11.1. The molecule has 3 rings (SSSR count). The molecule has 0 fully saturated rings. The fourth-order valence-electron chi connectivity index (χ4n) is 2.81. The van der Waals surface area contributed by atoms with Crippen molar-refractivity contribution in [2.75, 3.05) is 22.5 Å². The smallest absolute Gasteiger partial charge is 0.296 e. The van der Waals surface area contributed by atoms with Crippen LogP contribution in [0.2, 0.25) is 0 Å². The molecule has 1 atom stereocenters. The third kappa shape index (κ3) is 7.29. The van der Waals surface area contributed by atoms with Gasteiger partial charge in [0, 0.05) is 13.1 Å². The van der Waals surface area contributed by atoms with Crippen LogP contribution >= 0.6 is 0 Å². The summed E-state index contributed by atoms with van der Waals surface area (Å²) in [4.78, 5) is 10.7. The van der Waals surface area contributed by atoms with Crippen molar-refractivity contribution in [3.63, 3.8) is 0 Å². The molecule has 194 valence electrons. The minimum absolute atomic E-state index is 0.0740. The van der Waals surface area contributed by atoms with Crippen LogP contribution < -0.4 is 21.7 Å². The van der Waals surface area contributed by atoms with Crippen molar-refractivity contribution in [1.82, 2.24) is 15.0 Å². The number of nitrogens with one attached hydrogen (secondary N) is 3. The monoisotopic (exact) mass is 559 g/mol. The Morgan fingerprint density at radius 3 is 2.11 bits per heavy atom. The second-order valence-corrected chi connectivity index (χ2v) is 11.1. The van der Waals surface area contributed by atoms with E-state index >= 15 is 0 Å². The molecule has 1 aromatic heterocycles. The van der Waals surface area contributed by atoms with Gasteiger partial charge in [-0.3, -0.25) is 9.11 Å². The Morgan fingerprint density at radius 1 is 0.889 bits per heavy atom. The molecule has 3 aromatic rings. The molecular formula is C18H21N7O8S3. The summed E-state index contributed by atoms with van der Waals surface area (Å²) in [6.07, 6.45) is 0. The first-order valence-electron chi connectivity index (χ1n) is 9.87. The van der Waals surface area contributed by atoms with Gasteiger partial charge in [-0.1, -0.05) is 30.3 Å². The maximum absolute atomic E-state index is 11.8. The molecule has 0 radical (unpaired) electrons. The highest BCUT2D eigenvalue weighted by Crippen LogP contribution is 2.27. The SMILES string of the molecule is NCC(Nc1nc(NCc2ccccc2)nc(Nc2cc(S(=O)(=O)O)ccc2S(=O)(=O)O)n1)[SH](=O)=O. The van der Waals surface area contributed by atoms with Gasteiger partial charge >= 0.3 is 0 Å². The molecule has 0 saturated heterocycles. The summed E-state index contributed by atoms with van der Waals surface area (Å²) in [5.41, 5.74) is 5.81. The lowest BCUT2D eigenvalue weighted by molar-refractivity contribution is 0.479. The van der Waals surface area contributed by atoms with Crippen LogP contribution in [0.3, 0.4) is 0 Å². The molecule has 0 aliphatic heterocycles. The molecule has 2 aromatic carbocycles. The van der Waals surface area contributed by atoms with Gasteiger partial charge in [0.1, 0.15) is 10.3 Å². The standard InChI is InChI=1S/C18H21N7O8S3/c19-9-15(34(26)27)22-18-24-16(20-10-11-4-2-1-3-5-11)23-17(25-18)21-13-8-12(35(28,29)30)6-7-14(13)36(31,32)33/h1-8,15,34H,9-10,19H2,(H,28,29,30)(H,31,32,33)(H3,20,21,22,23,24,25). The van der Waals surface area contributed by atoms with Gasteiger partial charge in [0.15, 0.2) is 10.7 Å². The van der Waals surface area contributed by atoms with Gasteiger partial charge in [-0.15, -0.1) is 0 Å². The Morgan fingerprint density at radius 2 is 1.53 bits per heavy atom. The van der Waals surface area contributed by atoms with Crippen molar-refractivity contribution in [2.24, 2.45) is 5.73 Å². The van der Waals surface area contributed by atoms with Crippen LogP contribution in [0, 0.1) is 0 Å². The fraction of sp³-hybridized carbons (Fsp3) is 0.167. The van der Waals surface area contributed by atoms with E-state index in [0.29, 0.717) is 0 Å². The van der Waals surface area contributed by atoms with Gasteiger partial charge in [-0.05, 0) is 23.8 Å². The van der Waals surface area contributed by atoms with Crippen molar-refractivity contribution in [3.05, 3.63) is 54.1 Å². The summed E-state index contributed by atoms with van der Waals surface area (Å²) >= 11 is 0. The highest BCUT2D eigenvalue weighted by Gasteiger charge is 2.21. The normalized spacial score (nSPS) is 12.8. The lowest BCUT2D eigenvalue weighted by Gasteiger charge is -2.15. The number of anilines is 4. The van der Waals surface area contributed by atoms with Crippen molar-refractivity contribution in [2.45, 2.75) is 21.7 Å². The molecular weight excluding hydrogens is 538 g/mol. The number of thiol groups is 1. The molecule has 1 unspecified atom stereocenters. The number of hydrogen-bond acceptors (Lipinski definition) is 13. The summed E-state index contributed by atoms with van der Waals surface area (Å²) < 4.78 is 88.3. The van der Waals surface area contributed by atoms with Crippen molar-refractivity contribution >= 4 is 54.5 Å². The molecule has 36 heavy (non-hydrogen) atoms. The number of nitrogens with two attached hydrogens (primary N) is 1. The molecule has 0 saturated carbocycles. The maximum Gasteiger partial charge on any atom is 0.296 e. The zero-order valence-electron chi connectivity index (χ0n) is 18.1. The highest BCUT2D eigenvalue weighted by atomic mass is 32.2. The van der Waals surface area contributed by atoms with Crippen molar-refractivity contribution in [1.29, 1.82) is 0 Å². The quantitative estimate of drug-likeness (QED) is 0.121. The van der Waals surface area contributed by atoms with Crippen LogP contribution in [0.25, 0.3) is 0 Å². The number of aromatic nitrogens is 3. The van der Waals surface area contributed by atoms with E-state index in [2.05, 4.69) is 30.9 Å². The van der Waals surface area contributed by atoms with Gasteiger partial charge < -0.3 is 21.7 Å². The average molecular weight is 560 g/mol. The Hall–Kier alpha value is -3.42. The maximum atomic E-state index is 11.8. The third-order valence-electron chi connectivity index (χ3n) is 4.48. The van der Waals surface area contributed by atoms with Crippen LogP contribution in [0.1, 0.15) is 5.56 Å². The fourth-order valence-corrected chi connectivity index (χ4v) is 4.34. The first-order valence-corrected chi connectivity index (χ1v) is 14.0. The van der Waals surface area contributed by atoms with E-state index in [4.69, 9.17) is 5.73 Å². The van der Waals surface area contributed by atoms with Gasteiger partial charge in [0.05, 0.1) is 10.6 Å².